The maximum atomic E-state index is 9.23. The summed E-state index contributed by atoms with van der Waals surface area (Å²) in [6.07, 6.45) is 0.961. The van der Waals surface area contributed by atoms with E-state index in [2.05, 4.69) is 25.2 Å². The van der Waals surface area contributed by atoms with E-state index >= 15 is 0 Å². The molecule has 80 valence electrons. The van der Waals surface area contributed by atoms with E-state index in [0.717, 1.165) is 13.0 Å². The average Bonchev–Trinajstić information content (AvgIpc) is 2.38. The Morgan fingerprint density at radius 1 is 1.57 bits per heavy atom. The molecule has 1 saturated heterocycles. The Labute approximate surface area is 86.4 Å². The maximum absolute atomic E-state index is 9.23. The van der Waals surface area contributed by atoms with Crippen LogP contribution in [0.4, 0.5) is 0 Å². The van der Waals surface area contributed by atoms with Crippen molar-refractivity contribution < 1.29 is 4.74 Å². The topological polar surface area (TPSA) is 45.0 Å². The summed E-state index contributed by atoms with van der Waals surface area (Å²) in [5.74, 6) is 0.559. The standard InChI is InChI=1S/C11H20N2O/c1-8(2)6-13-11(7-12)5-9(3)14-10(11)4/h8-10,13H,5-6H2,1-4H3. The van der Waals surface area contributed by atoms with E-state index in [-0.39, 0.29) is 12.2 Å². The van der Waals surface area contributed by atoms with Gasteiger partial charge in [-0.1, -0.05) is 13.8 Å². The van der Waals surface area contributed by atoms with Gasteiger partial charge in [-0.25, -0.2) is 0 Å². The van der Waals surface area contributed by atoms with Crippen molar-refractivity contribution in [2.75, 3.05) is 6.54 Å². The third kappa shape index (κ3) is 2.26. The zero-order valence-corrected chi connectivity index (χ0v) is 9.50. The first-order valence-electron chi connectivity index (χ1n) is 5.32. The normalized spacial score (nSPS) is 37.4. The lowest BCUT2D eigenvalue weighted by Crippen LogP contribution is -2.50. The van der Waals surface area contributed by atoms with Crippen LogP contribution in [0.1, 0.15) is 34.1 Å². The molecule has 1 aliphatic rings. The molecule has 3 unspecified atom stereocenters. The van der Waals surface area contributed by atoms with Crippen molar-refractivity contribution in [1.82, 2.24) is 5.32 Å². The molecule has 3 atom stereocenters. The molecule has 0 saturated carbocycles. The maximum Gasteiger partial charge on any atom is 0.135 e. The second-order valence-electron chi connectivity index (χ2n) is 4.65. The minimum Gasteiger partial charge on any atom is -0.372 e. The fourth-order valence-corrected chi connectivity index (χ4v) is 1.91. The molecule has 1 heterocycles. The SMILES string of the molecule is CC(C)CNC1(C#N)CC(C)OC1C. The van der Waals surface area contributed by atoms with Crippen LogP contribution in [0, 0.1) is 17.2 Å². The van der Waals surface area contributed by atoms with E-state index in [0.29, 0.717) is 5.92 Å². The van der Waals surface area contributed by atoms with Gasteiger partial charge in [0.15, 0.2) is 0 Å². The third-order valence-corrected chi connectivity index (χ3v) is 2.77. The predicted molar refractivity (Wildman–Crippen MR) is 55.8 cm³/mol. The molecule has 1 rings (SSSR count). The van der Waals surface area contributed by atoms with Crippen LogP contribution in [0.25, 0.3) is 0 Å². The lowest BCUT2D eigenvalue weighted by molar-refractivity contribution is 0.0521. The second-order valence-corrected chi connectivity index (χ2v) is 4.65. The molecular weight excluding hydrogens is 176 g/mol. The number of hydrogen-bond donors (Lipinski definition) is 1. The summed E-state index contributed by atoms with van der Waals surface area (Å²) in [6, 6.07) is 2.38. The molecule has 3 heteroatoms. The van der Waals surface area contributed by atoms with Crippen LogP contribution >= 0.6 is 0 Å². The molecule has 0 bridgehead atoms. The Kier molecular flexibility index (Phi) is 3.52. The van der Waals surface area contributed by atoms with Crippen molar-refractivity contribution in [3.05, 3.63) is 0 Å². The number of nitriles is 1. The zero-order chi connectivity index (χ0) is 10.8. The second kappa shape index (κ2) is 4.29. The fraction of sp³-hybridized carbons (Fsp3) is 0.909. The largest absolute Gasteiger partial charge is 0.372 e. The number of ether oxygens (including phenoxy) is 1. The minimum atomic E-state index is -0.469. The van der Waals surface area contributed by atoms with Gasteiger partial charge in [0.1, 0.15) is 5.54 Å². The number of rotatable bonds is 3. The summed E-state index contributed by atoms with van der Waals surface area (Å²) in [7, 11) is 0. The predicted octanol–water partition coefficient (Wildman–Crippen LogP) is 1.69. The lowest BCUT2D eigenvalue weighted by Gasteiger charge is -2.26. The van der Waals surface area contributed by atoms with Gasteiger partial charge in [-0.3, -0.25) is 5.32 Å². The van der Waals surface area contributed by atoms with Crippen LogP contribution in [0.2, 0.25) is 0 Å². The van der Waals surface area contributed by atoms with Gasteiger partial charge in [0, 0.05) is 6.42 Å². The monoisotopic (exact) mass is 196 g/mol. The minimum absolute atomic E-state index is 0.0127. The highest BCUT2D eigenvalue weighted by atomic mass is 16.5. The molecule has 1 aliphatic heterocycles. The van der Waals surface area contributed by atoms with Crippen molar-refractivity contribution in [2.45, 2.75) is 51.9 Å². The van der Waals surface area contributed by atoms with Crippen LogP contribution in [0.3, 0.4) is 0 Å². The number of nitrogens with zero attached hydrogens (tertiary/aromatic N) is 1. The lowest BCUT2D eigenvalue weighted by atomic mass is 9.91. The van der Waals surface area contributed by atoms with Crippen molar-refractivity contribution in [1.29, 1.82) is 5.26 Å². The van der Waals surface area contributed by atoms with Gasteiger partial charge in [-0.2, -0.15) is 5.26 Å². The van der Waals surface area contributed by atoms with Crippen LogP contribution in [-0.2, 0) is 4.74 Å². The van der Waals surface area contributed by atoms with Crippen molar-refractivity contribution >= 4 is 0 Å². The Bertz CT molecular complexity index is 234. The van der Waals surface area contributed by atoms with E-state index in [1.54, 1.807) is 0 Å². The van der Waals surface area contributed by atoms with Crippen LogP contribution in [0.15, 0.2) is 0 Å². The zero-order valence-electron chi connectivity index (χ0n) is 9.50. The molecule has 1 fully saturated rings. The molecule has 0 aliphatic carbocycles. The molecule has 0 aromatic heterocycles. The molecule has 0 amide bonds. The molecule has 3 nitrogen and oxygen atoms in total. The number of hydrogen-bond acceptors (Lipinski definition) is 3. The average molecular weight is 196 g/mol. The van der Waals surface area contributed by atoms with Crippen LogP contribution in [-0.4, -0.2) is 24.3 Å². The Balaban J connectivity index is 2.63. The molecule has 0 aromatic carbocycles. The van der Waals surface area contributed by atoms with E-state index in [4.69, 9.17) is 4.74 Å². The summed E-state index contributed by atoms with van der Waals surface area (Å²) in [6.45, 7) is 9.14. The molecule has 14 heavy (non-hydrogen) atoms. The molecule has 0 aromatic rings. The summed E-state index contributed by atoms with van der Waals surface area (Å²) >= 11 is 0. The summed E-state index contributed by atoms with van der Waals surface area (Å²) in [4.78, 5) is 0. The van der Waals surface area contributed by atoms with Gasteiger partial charge in [0.2, 0.25) is 0 Å². The first-order valence-corrected chi connectivity index (χ1v) is 5.32. The first-order chi connectivity index (χ1) is 6.50. The summed E-state index contributed by atoms with van der Waals surface area (Å²) in [5.41, 5.74) is -0.469. The molecule has 1 N–H and O–H groups in total. The molecule has 0 radical (unpaired) electrons. The van der Waals surface area contributed by atoms with E-state index in [1.807, 2.05) is 13.8 Å². The number of nitrogens with one attached hydrogen (secondary N) is 1. The van der Waals surface area contributed by atoms with Gasteiger partial charge in [-0.15, -0.1) is 0 Å². The van der Waals surface area contributed by atoms with Gasteiger partial charge < -0.3 is 4.74 Å². The highest BCUT2D eigenvalue weighted by Gasteiger charge is 2.44. The van der Waals surface area contributed by atoms with Gasteiger partial charge in [0.05, 0.1) is 18.3 Å². The van der Waals surface area contributed by atoms with Gasteiger partial charge in [-0.05, 0) is 26.3 Å². The van der Waals surface area contributed by atoms with E-state index in [1.165, 1.54) is 0 Å². The first kappa shape index (κ1) is 11.5. The van der Waals surface area contributed by atoms with E-state index < -0.39 is 5.54 Å². The smallest absolute Gasteiger partial charge is 0.135 e. The Morgan fingerprint density at radius 2 is 2.21 bits per heavy atom. The summed E-state index contributed by atoms with van der Waals surface area (Å²) < 4.78 is 5.62. The highest BCUT2D eigenvalue weighted by Crippen LogP contribution is 2.29. The van der Waals surface area contributed by atoms with Crippen LogP contribution < -0.4 is 5.32 Å². The third-order valence-electron chi connectivity index (χ3n) is 2.77. The summed E-state index contributed by atoms with van der Waals surface area (Å²) in [5, 5.41) is 12.6. The van der Waals surface area contributed by atoms with Crippen molar-refractivity contribution in [3.8, 4) is 6.07 Å². The Hall–Kier alpha value is -0.590. The molecule has 0 spiro atoms. The molecular formula is C11H20N2O. The highest BCUT2D eigenvalue weighted by molar-refractivity contribution is 5.15. The van der Waals surface area contributed by atoms with Gasteiger partial charge in [0.25, 0.3) is 0 Å². The fourth-order valence-electron chi connectivity index (χ4n) is 1.91. The van der Waals surface area contributed by atoms with Crippen LogP contribution in [0.5, 0.6) is 0 Å². The van der Waals surface area contributed by atoms with Gasteiger partial charge >= 0.3 is 0 Å². The quantitative estimate of drug-likeness (QED) is 0.747. The van der Waals surface area contributed by atoms with Crippen molar-refractivity contribution in [3.63, 3.8) is 0 Å². The van der Waals surface area contributed by atoms with Crippen molar-refractivity contribution in [2.24, 2.45) is 5.92 Å². The Morgan fingerprint density at radius 3 is 2.57 bits per heavy atom. The van der Waals surface area contributed by atoms with E-state index in [9.17, 15) is 5.26 Å².